The van der Waals surface area contributed by atoms with E-state index in [-0.39, 0.29) is 34.8 Å². The average molecular weight is 1450 g/mol. The summed E-state index contributed by atoms with van der Waals surface area (Å²) in [6, 6.07) is 25.7. The number of thiocarbonyl (C=S) groups is 1. The van der Waals surface area contributed by atoms with Crippen LogP contribution in [0.15, 0.2) is 93.6 Å². The van der Waals surface area contributed by atoms with Crippen LogP contribution >= 0.6 is 44.3 Å². The van der Waals surface area contributed by atoms with Gasteiger partial charge in [-0.15, -0.1) is 0 Å². The fourth-order valence-electron chi connectivity index (χ4n) is 14.2. The number of rotatable bonds is 6. The van der Waals surface area contributed by atoms with E-state index in [1.165, 1.54) is 0 Å². The predicted octanol–water partition coefficient (Wildman–Crippen LogP) is 22.0. The van der Waals surface area contributed by atoms with Crippen molar-refractivity contribution in [3.8, 4) is 34.5 Å². The van der Waals surface area contributed by atoms with Gasteiger partial charge in [0, 0.05) is 0 Å². The Morgan fingerprint density at radius 3 is 1.05 bits per heavy atom. The minimum absolute atomic E-state index is 0.00337. The summed E-state index contributed by atoms with van der Waals surface area (Å²) in [7, 11) is -5.03. The molecular weight excluding hydrogens is 1350 g/mol. The number of isothiocyanates is 1. The van der Waals surface area contributed by atoms with Gasteiger partial charge in [-0.25, -0.2) is 0 Å². The first-order valence-electron chi connectivity index (χ1n) is 34.4. The molecule has 99 heavy (non-hydrogen) atoms. The van der Waals surface area contributed by atoms with Gasteiger partial charge in [-0.3, -0.25) is 0 Å². The van der Waals surface area contributed by atoms with Crippen molar-refractivity contribution >= 4 is 83.5 Å². The van der Waals surface area contributed by atoms with Crippen molar-refractivity contribution in [1.82, 2.24) is 4.44 Å². The summed E-state index contributed by atoms with van der Waals surface area (Å²) in [5.41, 5.74) is 12.3. The molecule has 0 unspecified atom stereocenters. The summed E-state index contributed by atoms with van der Waals surface area (Å²) < 4.78 is 75.7. The van der Waals surface area contributed by atoms with Crippen LogP contribution in [0.4, 0.5) is 0 Å². The van der Waals surface area contributed by atoms with E-state index < -0.39 is 65.1 Å². The monoisotopic (exact) mass is 1450 g/mol. The molecule has 5 aliphatic heterocycles. The normalized spacial score (nSPS) is 18.2. The zero-order valence-electron chi connectivity index (χ0n) is 63.0. The molecule has 0 N–H and O–H groups in total. The van der Waals surface area contributed by atoms with Gasteiger partial charge in [-0.05, 0) is 0 Å². The second-order valence-corrected chi connectivity index (χ2v) is 44.9. The molecule has 1 fully saturated rings. The predicted molar refractivity (Wildman–Crippen MR) is 417 cm³/mol. The summed E-state index contributed by atoms with van der Waals surface area (Å²) in [5, 5.41) is 2.65. The first kappa shape index (κ1) is 74.0. The van der Waals surface area contributed by atoms with Crippen LogP contribution in [0.1, 0.15) is 239 Å². The fourth-order valence-corrected chi connectivity index (χ4v) is 29.6. The standard InChI is InChI=1S/C80H100N3O10P3S3/c1-27-86-73(84)63-64-72(82-95(98)90-67-53(31-47(5)37-59(67)77(15,16)17)42-54-32-48(6)38-60(68(54)91-95)78(18,19)20)99-96(81-44-97,92-69-55(33-49(7)39-61(69)79(21,22)23)43-56-34-50(8)40-62(70(56)93-96)80(24,25)26)83(64)94(71(63)74(85)87-28-2)88-65-51(29-45(3)35-57(65)75(9,10)11)41-52-30-46(4)36-58(66(52)89-94)76(12,13)14/h29-40H,27-28,41-43H2,1-26H3/b82-72-. The first-order valence-corrected chi connectivity index (χ1v) is 42.4. The van der Waals surface area contributed by atoms with Crippen LogP contribution in [0.3, 0.4) is 0 Å². The SMILES string of the molecule is CCOC(=O)C1=C2/C(=N/P3(=S)Oc4c(cc(C)cc4C(C)(C)C)Cc4cc(C)cc(C(C)(C)C)c4O3)SP3(N=C=S)(Oc4c(cc(C)cc4C(C)(C)C)Cc4cc(C)cc(C(C)(C)C)c4O3)N2P2(=C1C(=O)OCC)Oc1c(cc(C)cc1C(C)(C)C)Cc1cc(C)cc(C(C)(C)C)c1O2. The van der Waals surface area contributed by atoms with Crippen molar-refractivity contribution < 1.29 is 46.2 Å². The van der Waals surface area contributed by atoms with Crippen molar-refractivity contribution in [2.24, 2.45) is 9.53 Å². The van der Waals surface area contributed by atoms with Gasteiger partial charge in [-0.1, -0.05) is 0 Å². The number of esters is 2. The second-order valence-electron chi connectivity index (χ2n) is 33.7. The van der Waals surface area contributed by atoms with Crippen molar-refractivity contribution in [2.75, 3.05) is 13.2 Å². The Balaban J connectivity index is 1.46. The van der Waals surface area contributed by atoms with E-state index in [2.05, 4.69) is 244 Å². The third-order valence-corrected chi connectivity index (χ3v) is 31.1. The van der Waals surface area contributed by atoms with E-state index in [0.717, 1.165) is 112 Å². The van der Waals surface area contributed by atoms with Crippen LogP contribution in [0, 0.1) is 41.5 Å². The van der Waals surface area contributed by atoms with Crippen LogP contribution in [0.2, 0.25) is 0 Å². The third-order valence-electron chi connectivity index (χ3n) is 18.5. The van der Waals surface area contributed by atoms with Gasteiger partial charge in [0.15, 0.2) is 0 Å². The van der Waals surface area contributed by atoms with Crippen LogP contribution in [-0.4, -0.2) is 45.1 Å². The van der Waals surface area contributed by atoms with Gasteiger partial charge < -0.3 is 0 Å². The number of aryl methyl sites for hydroxylation is 6. The summed E-state index contributed by atoms with van der Waals surface area (Å²) in [4.78, 5) is 33.4. The Morgan fingerprint density at radius 1 is 0.475 bits per heavy atom. The van der Waals surface area contributed by atoms with Gasteiger partial charge in [0.05, 0.1) is 0 Å². The van der Waals surface area contributed by atoms with Crippen molar-refractivity contribution in [2.45, 2.75) is 232 Å². The Bertz CT molecular complexity index is 4470. The zero-order valence-corrected chi connectivity index (χ0v) is 68.1. The molecule has 0 atom stereocenters. The number of ether oxygens (including phenoxy) is 2. The van der Waals surface area contributed by atoms with E-state index in [9.17, 15) is 0 Å². The Labute approximate surface area is 603 Å². The number of carbonyl (C=O) groups excluding carboxylic acids is 2. The van der Waals surface area contributed by atoms with Crippen LogP contribution in [0.25, 0.3) is 0 Å². The summed E-state index contributed by atoms with van der Waals surface area (Å²) >= 11 is 14.5. The summed E-state index contributed by atoms with van der Waals surface area (Å²) in [6.45, 7) is 43.7. The second kappa shape index (κ2) is 25.1. The maximum atomic E-state index is 16.8. The van der Waals surface area contributed by atoms with Crippen molar-refractivity contribution in [1.29, 1.82) is 0 Å². The molecule has 528 valence electrons. The van der Waals surface area contributed by atoms with E-state index >= 15 is 9.59 Å². The number of carbonyl (C=O) groups is 2. The molecule has 19 heteroatoms. The molecule has 0 radical (unpaired) electrons. The van der Waals surface area contributed by atoms with E-state index in [1.807, 2.05) is 0 Å². The fraction of sp³-hybridized carbons (Fsp3) is 0.463. The quantitative estimate of drug-likeness (QED) is 0.0677. The third kappa shape index (κ3) is 13.3. The Hall–Kier alpha value is -6.20. The molecule has 6 aromatic carbocycles. The number of benzene rings is 6. The molecule has 11 rings (SSSR count). The minimum atomic E-state index is -6.18. The number of fused-ring (bicyclic) bond motifs is 9. The Morgan fingerprint density at radius 2 is 0.758 bits per heavy atom. The topological polar surface area (TPSA) is 136 Å². The molecule has 0 aromatic heterocycles. The van der Waals surface area contributed by atoms with E-state index in [4.69, 9.17) is 70.2 Å². The molecule has 0 saturated carbocycles. The average Bonchev–Trinajstić information content (AvgIpc) is 1.48. The molecule has 1 saturated heterocycles. The van der Waals surface area contributed by atoms with Gasteiger partial charge in [-0.2, -0.15) is 0 Å². The van der Waals surface area contributed by atoms with E-state index in [1.54, 1.807) is 18.3 Å². The van der Waals surface area contributed by atoms with E-state index in [0.29, 0.717) is 53.8 Å². The van der Waals surface area contributed by atoms with Crippen LogP contribution in [-0.2, 0) is 82.6 Å². The van der Waals surface area contributed by atoms with Crippen molar-refractivity contribution in [3.63, 3.8) is 0 Å². The molecule has 5 heterocycles. The Kier molecular flexibility index (Phi) is 18.7. The number of hydrogen-bond acceptors (Lipinski definition) is 15. The van der Waals surface area contributed by atoms with Gasteiger partial charge in [0.25, 0.3) is 0 Å². The molecule has 6 aromatic rings. The molecule has 0 aliphatic carbocycles. The summed E-state index contributed by atoms with van der Waals surface area (Å²) in [5.74, 6) is 0.920. The van der Waals surface area contributed by atoms with Gasteiger partial charge in [0.2, 0.25) is 0 Å². The molecular formula is C80H100N3O10P3S3. The zero-order chi connectivity index (χ0) is 72.9. The van der Waals surface area contributed by atoms with Crippen LogP contribution < -0.4 is 27.1 Å². The van der Waals surface area contributed by atoms with Crippen LogP contribution in [0.5, 0.6) is 34.5 Å². The number of hydrogen-bond donors (Lipinski definition) is 0. The van der Waals surface area contributed by atoms with Gasteiger partial charge >= 0.3 is 607 Å². The molecule has 0 amide bonds. The maximum absolute atomic E-state index is 16.8. The number of nitrogens with zero attached hydrogens (tertiary/aromatic N) is 3. The summed E-state index contributed by atoms with van der Waals surface area (Å²) in [6.07, 6.45) is 1.17. The van der Waals surface area contributed by atoms with Gasteiger partial charge in [0.1, 0.15) is 0 Å². The van der Waals surface area contributed by atoms with Crippen molar-refractivity contribution in [3.05, 3.63) is 184 Å². The molecule has 5 aliphatic rings. The first-order chi connectivity index (χ1) is 45.7. The molecule has 13 nitrogen and oxygen atoms in total. The molecule has 2 spiro atoms. The molecule has 0 bridgehead atoms.